The number of hydrogen-bond donors (Lipinski definition) is 2. The Morgan fingerprint density at radius 2 is 2.12 bits per heavy atom. The Labute approximate surface area is 96.0 Å². The standard InChI is InChI=1S/C9H10N6O2/c1-5-6(3-2-4-7(5)15(16)17)8-12-13-9(10)14(8)11/h2-4H,11H2,1H3,(H2,10,13). The number of nitrogens with two attached hydrogens (primary N) is 2. The van der Waals surface area contributed by atoms with Gasteiger partial charge in [0.25, 0.3) is 5.69 Å². The minimum absolute atomic E-state index is 0.00377. The summed E-state index contributed by atoms with van der Waals surface area (Å²) >= 11 is 0. The minimum atomic E-state index is -0.459. The second kappa shape index (κ2) is 3.74. The SMILES string of the molecule is Cc1c(-c2nnc(N)n2N)cccc1[N+](=O)[O-]. The van der Waals surface area contributed by atoms with Gasteiger partial charge in [-0.15, -0.1) is 10.2 Å². The molecule has 0 saturated heterocycles. The summed E-state index contributed by atoms with van der Waals surface area (Å²) in [6, 6.07) is 4.65. The molecule has 0 aliphatic rings. The fourth-order valence-electron chi connectivity index (χ4n) is 1.55. The molecule has 0 radical (unpaired) electrons. The van der Waals surface area contributed by atoms with E-state index in [1.807, 2.05) is 0 Å². The van der Waals surface area contributed by atoms with Gasteiger partial charge in [0, 0.05) is 17.2 Å². The van der Waals surface area contributed by atoms with Crippen LogP contribution in [0.25, 0.3) is 11.4 Å². The number of hydrogen-bond acceptors (Lipinski definition) is 6. The van der Waals surface area contributed by atoms with Gasteiger partial charge in [0.1, 0.15) is 0 Å². The highest BCUT2D eigenvalue weighted by atomic mass is 16.6. The van der Waals surface area contributed by atoms with Crippen LogP contribution >= 0.6 is 0 Å². The molecular formula is C9H10N6O2. The van der Waals surface area contributed by atoms with Crippen LogP contribution in [0.1, 0.15) is 5.56 Å². The summed E-state index contributed by atoms with van der Waals surface area (Å²) < 4.78 is 1.09. The highest BCUT2D eigenvalue weighted by Crippen LogP contribution is 2.28. The third kappa shape index (κ3) is 1.65. The predicted octanol–water partition coefficient (Wildman–Crippen LogP) is 0.458. The van der Waals surface area contributed by atoms with E-state index in [0.29, 0.717) is 17.0 Å². The van der Waals surface area contributed by atoms with Crippen molar-refractivity contribution in [3.05, 3.63) is 33.9 Å². The zero-order valence-corrected chi connectivity index (χ0v) is 8.99. The van der Waals surface area contributed by atoms with Crippen LogP contribution in [0, 0.1) is 17.0 Å². The molecule has 1 heterocycles. The fraction of sp³-hybridized carbons (Fsp3) is 0.111. The molecule has 2 aromatic rings. The summed E-state index contributed by atoms with van der Waals surface area (Å²) in [7, 11) is 0. The van der Waals surface area contributed by atoms with E-state index in [2.05, 4.69) is 10.2 Å². The van der Waals surface area contributed by atoms with E-state index < -0.39 is 4.92 Å². The molecular weight excluding hydrogens is 224 g/mol. The first-order chi connectivity index (χ1) is 8.02. The zero-order valence-electron chi connectivity index (χ0n) is 8.99. The first-order valence-corrected chi connectivity index (χ1v) is 4.72. The molecule has 1 aromatic heterocycles. The number of aromatic nitrogens is 3. The van der Waals surface area contributed by atoms with E-state index in [1.165, 1.54) is 6.07 Å². The van der Waals surface area contributed by atoms with Gasteiger partial charge in [-0.05, 0) is 6.92 Å². The average molecular weight is 234 g/mol. The average Bonchev–Trinajstić information content (AvgIpc) is 2.60. The van der Waals surface area contributed by atoms with Crippen LogP contribution < -0.4 is 11.6 Å². The van der Waals surface area contributed by atoms with Crippen molar-refractivity contribution in [2.24, 2.45) is 0 Å². The van der Waals surface area contributed by atoms with Crippen molar-refractivity contribution in [1.29, 1.82) is 0 Å². The van der Waals surface area contributed by atoms with Crippen LogP contribution in [0.5, 0.6) is 0 Å². The van der Waals surface area contributed by atoms with Crippen LogP contribution in [0.2, 0.25) is 0 Å². The van der Waals surface area contributed by atoms with E-state index in [4.69, 9.17) is 11.6 Å². The summed E-state index contributed by atoms with van der Waals surface area (Å²) in [4.78, 5) is 10.3. The number of nitro groups is 1. The lowest BCUT2D eigenvalue weighted by Crippen LogP contribution is -2.13. The molecule has 8 heteroatoms. The number of nitrogen functional groups attached to an aromatic ring is 2. The van der Waals surface area contributed by atoms with Crippen molar-refractivity contribution < 1.29 is 4.92 Å². The molecule has 2 rings (SSSR count). The van der Waals surface area contributed by atoms with Gasteiger partial charge < -0.3 is 11.6 Å². The molecule has 0 unspecified atom stereocenters. The topological polar surface area (TPSA) is 126 Å². The molecule has 0 aliphatic heterocycles. The van der Waals surface area contributed by atoms with Crippen molar-refractivity contribution >= 4 is 11.6 Å². The van der Waals surface area contributed by atoms with E-state index >= 15 is 0 Å². The molecule has 0 atom stereocenters. The molecule has 0 aliphatic carbocycles. The first kappa shape index (κ1) is 10.9. The summed E-state index contributed by atoms with van der Waals surface area (Å²) in [5, 5.41) is 18.2. The third-order valence-corrected chi connectivity index (χ3v) is 2.46. The first-order valence-electron chi connectivity index (χ1n) is 4.72. The van der Waals surface area contributed by atoms with Crippen molar-refractivity contribution in [1.82, 2.24) is 14.9 Å². The lowest BCUT2D eigenvalue weighted by Gasteiger charge is -2.05. The van der Waals surface area contributed by atoms with Gasteiger partial charge in [0.05, 0.1) is 4.92 Å². The van der Waals surface area contributed by atoms with Gasteiger partial charge in [-0.25, -0.2) is 4.68 Å². The molecule has 8 nitrogen and oxygen atoms in total. The second-order valence-corrected chi connectivity index (χ2v) is 3.46. The van der Waals surface area contributed by atoms with Crippen LogP contribution in [0.3, 0.4) is 0 Å². The van der Waals surface area contributed by atoms with Gasteiger partial charge in [-0.2, -0.15) is 0 Å². The quantitative estimate of drug-likeness (QED) is 0.441. The lowest BCUT2D eigenvalue weighted by molar-refractivity contribution is -0.385. The van der Waals surface area contributed by atoms with Crippen LogP contribution in [-0.2, 0) is 0 Å². The van der Waals surface area contributed by atoms with Gasteiger partial charge in [0.2, 0.25) is 5.95 Å². The molecule has 0 saturated carbocycles. The third-order valence-electron chi connectivity index (χ3n) is 2.46. The van der Waals surface area contributed by atoms with Gasteiger partial charge >= 0.3 is 0 Å². The number of nitrogens with zero attached hydrogens (tertiary/aromatic N) is 4. The minimum Gasteiger partial charge on any atom is -0.366 e. The molecule has 88 valence electrons. The molecule has 0 amide bonds. The Morgan fingerprint density at radius 3 is 2.65 bits per heavy atom. The Bertz CT molecular complexity index is 591. The maximum Gasteiger partial charge on any atom is 0.273 e. The maximum absolute atomic E-state index is 10.8. The molecule has 4 N–H and O–H groups in total. The smallest absolute Gasteiger partial charge is 0.273 e. The maximum atomic E-state index is 10.8. The Hall–Kier alpha value is -2.64. The fourth-order valence-corrected chi connectivity index (χ4v) is 1.55. The normalized spacial score (nSPS) is 10.4. The van der Waals surface area contributed by atoms with E-state index in [9.17, 15) is 10.1 Å². The van der Waals surface area contributed by atoms with Gasteiger partial charge in [-0.3, -0.25) is 10.1 Å². The van der Waals surface area contributed by atoms with Crippen molar-refractivity contribution in [2.45, 2.75) is 6.92 Å². The Morgan fingerprint density at radius 1 is 1.41 bits per heavy atom. The molecule has 0 spiro atoms. The monoisotopic (exact) mass is 234 g/mol. The summed E-state index contributed by atoms with van der Waals surface area (Å²) in [5.74, 6) is 5.97. The van der Waals surface area contributed by atoms with E-state index in [0.717, 1.165) is 4.68 Å². The van der Waals surface area contributed by atoms with Gasteiger partial charge in [-0.1, -0.05) is 12.1 Å². The van der Waals surface area contributed by atoms with Crippen molar-refractivity contribution in [2.75, 3.05) is 11.6 Å². The number of nitro benzene ring substituents is 1. The van der Waals surface area contributed by atoms with Gasteiger partial charge in [0.15, 0.2) is 5.82 Å². The van der Waals surface area contributed by atoms with E-state index in [1.54, 1.807) is 19.1 Å². The summed E-state index contributed by atoms with van der Waals surface area (Å²) in [6.07, 6.45) is 0. The second-order valence-electron chi connectivity index (χ2n) is 3.46. The number of benzene rings is 1. The summed E-state index contributed by atoms with van der Waals surface area (Å²) in [5.41, 5.74) is 6.46. The highest BCUT2D eigenvalue weighted by Gasteiger charge is 2.18. The summed E-state index contributed by atoms with van der Waals surface area (Å²) in [6.45, 7) is 1.62. The van der Waals surface area contributed by atoms with Crippen LogP contribution in [0.4, 0.5) is 11.6 Å². The number of rotatable bonds is 2. The lowest BCUT2D eigenvalue weighted by atomic mass is 10.1. The molecule has 1 aromatic carbocycles. The Kier molecular flexibility index (Phi) is 2.39. The molecule has 0 fully saturated rings. The predicted molar refractivity (Wildman–Crippen MR) is 61.4 cm³/mol. The molecule has 0 bridgehead atoms. The number of anilines is 1. The molecule has 17 heavy (non-hydrogen) atoms. The Balaban J connectivity index is 2.65. The van der Waals surface area contributed by atoms with Crippen molar-refractivity contribution in [3.63, 3.8) is 0 Å². The van der Waals surface area contributed by atoms with E-state index in [-0.39, 0.29) is 11.6 Å². The van der Waals surface area contributed by atoms with Crippen LogP contribution in [0.15, 0.2) is 18.2 Å². The largest absolute Gasteiger partial charge is 0.366 e. The van der Waals surface area contributed by atoms with Crippen molar-refractivity contribution in [3.8, 4) is 11.4 Å². The van der Waals surface area contributed by atoms with Crippen LogP contribution in [-0.4, -0.2) is 19.8 Å². The highest BCUT2D eigenvalue weighted by molar-refractivity contribution is 5.66. The zero-order chi connectivity index (χ0) is 12.6.